The minimum Gasteiger partial charge on any atom is -0.460 e. The zero-order chi connectivity index (χ0) is 29.3. The molecule has 1 aliphatic carbocycles. The summed E-state index contributed by atoms with van der Waals surface area (Å²) in [4.78, 5) is 77.5. The third kappa shape index (κ3) is 11.0. The highest BCUT2D eigenvalue weighted by atomic mass is 33.1. The lowest BCUT2D eigenvalue weighted by atomic mass is 10.1. The van der Waals surface area contributed by atoms with Crippen molar-refractivity contribution >= 4 is 57.2 Å². The Morgan fingerprint density at radius 2 is 1.77 bits per heavy atom. The van der Waals surface area contributed by atoms with E-state index in [0.29, 0.717) is 12.2 Å². The molecule has 4 amide bonds. The van der Waals surface area contributed by atoms with Gasteiger partial charge in [0.2, 0.25) is 23.6 Å². The quantitative estimate of drug-likeness (QED) is 0.206. The van der Waals surface area contributed by atoms with Gasteiger partial charge in [-0.2, -0.15) is 0 Å². The maximum Gasteiger partial charge on any atom is 0.326 e. The number of amides is 4. The predicted molar refractivity (Wildman–Crippen MR) is 150 cm³/mol. The molecule has 14 heteroatoms. The van der Waals surface area contributed by atoms with Crippen LogP contribution in [-0.2, 0) is 38.2 Å². The fraction of sp³-hybridized carbons (Fsp3) is 0.692. The van der Waals surface area contributed by atoms with Gasteiger partial charge < -0.3 is 30.7 Å². The summed E-state index contributed by atoms with van der Waals surface area (Å²) in [7, 11) is 2.90. The molecule has 0 aromatic heterocycles. The standard InChI is InChI=1S/C26H38N4O8S2/c1-26(2,3)38-20(32)10-9-17-23(34)29-18-14-40-39-11-5-4-6-16(12-19(31)28-17)37-21(33)13-27-25(36)22(15-7-8-15)30-24(18)35/h4,6,15-18,22H,5,7-14H2,1-3H3,(H,27,36)(H,28,31)(H,29,34)(H,30,35)/t16-,17-,18-,22?/m1/s1. The number of fused-ring (bicyclic) bond motifs is 7. The summed E-state index contributed by atoms with van der Waals surface area (Å²) in [5.41, 5.74) is -0.721. The molecule has 1 saturated carbocycles. The van der Waals surface area contributed by atoms with Crippen molar-refractivity contribution in [1.29, 1.82) is 0 Å². The van der Waals surface area contributed by atoms with Crippen molar-refractivity contribution in [2.75, 3.05) is 18.1 Å². The van der Waals surface area contributed by atoms with E-state index in [1.807, 2.05) is 0 Å². The van der Waals surface area contributed by atoms with Gasteiger partial charge in [-0.1, -0.05) is 27.7 Å². The van der Waals surface area contributed by atoms with Gasteiger partial charge >= 0.3 is 11.9 Å². The first-order valence-electron chi connectivity index (χ1n) is 13.4. The van der Waals surface area contributed by atoms with Gasteiger partial charge in [0.05, 0.1) is 6.42 Å². The first-order chi connectivity index (χ1) is 18.9. The van der Waals surface area contributed by atoms with Gasteiger partial charge in [0.15, 0.2) is 0 Å². The molecule has 3 rings (SSSR count). The Bertz CT molecular complexity index is 1010. The molecule has 3 aliphatic rings. The van der Waals surface area contributed by atoms with Gasteiger partial charge in [0.25, 0.3) is 0 Å². The number of allylic oxidation sites excluding steroid dienone is 1. The lowest BCUT2D eigenvalue weighted by Crippen LogP contribution is -2.58. The van der Waals surface area contributed by atoms with Gasteiger partial charge in [0.1, 0.15) is 36.4 Å². The van der Waals surface area contributed by atoms with Crippen molar-refractivity contribution in [1.82, 2.24) is 21.3 Å². The molecule has 0 aromatic rings. The highest BCUT2D eigenvalue weighted by Crippen LogP contribution is 2.33. The summed E-state index contributed by atoms with van der Waals surface area (Å²) in [6.45, 7) is 4.75. The number of ether oxygens (including phenoxy) is 2. The molecule has 40 heavy (non-hydrogen) atoms. The Balaban J connectivity index is 1.90. The van der Waals surface area contributed by atoms with Crippen LogP contribution in [0.25, 0.3) is 0 Å². The zero-order valence-corrected chi connectivity index (χ0v) is 24.6. The molecule has 12 nitrogen and oxygen atoms in total. The second-order valence-electron chi connectivity index (χ2n) is 10.9. The summed E-state index contributed by atoms with van der Waals surface area (Å²) in [6, 6.07) is -3.03. The smallest absolute Gasteiger partial charge is 0.326 e. The highest BCUT2D eigenvalue weighted by Gasteiger charge is 2.39. The van der Waals surface area contributed by atoms with Gasteiger partial charge in [-0.15, -0.1) is 0 Å². The summed E-state index contributed by atoms with van der Waals surface area (Å²) in [5, 5.41) is 10.6. The third-order valence-electron chi connectivity index (χ3n) is 6.13. The second kappa shape index (κ2) is 14.8. The first kappa shape index (κ1) is 31.8. The van der Waals surface area contributed by atoms with Crippen molar-refractivity contribution in [2.24, 2.45) is 5.92 Å². The molecule has 1 saturated heterocycles. The van der Waals surface area contributed by atoms with Gasteiger partial charge in [-0.25, -0.2) is 0 Å². The maximum absolute atomic E-state index is 13.4. The van der Waals surface area contributed by atoms with Crippen LogP contribution in [0.1, 0.15) is 59.3 Å². The Hall–Kier alpha value is -2.74. The van der Waals surface area contributed by atoms with Crippen LogP contribution in [0.5, 0.6) is 0 Å². The molecule has 0 spiro atoms. The molecule has 1 unspecified atom stereocenters. The van der Waals surface area contributed by atoms with E-state index in [1.54, 1.807) is 32.9 Å². The van der Waals surface area contributed by atoms with Crippen molar-refractivity contribution in [3.8, 4) is 0 Å². The Morgan fingerprint density at radius 3 is 2.48 bits per heavy atom. The van der Waals surface area contributed by atoms with Crippen molar-refractivity contribution in [3.05, 3.63) is 12.2 Å². The number of carbonyl (C=O) groups excluding carboxylic acids is 6. The van der Waals surface area contributed by atoms with E-state index in [2.05, 4.69) is 21.3 Å². The second-order valence-corrected chi connectivity index (χ2v) is 13.5. The van der Waals surface area contributed by atoms with Crippen molar-refractivity contribution in [3.63, 3.8) is 0 Å². The number of esters is 2. The van der Waals surface area contributed by atoms with Crippen LogP contribution in [0, 0.1) is 5.92 Å². The molecule has 0 radical (unpaired) electrons. The molecule has 2 heterocycles. The summed E-state index contributed by atoms with van der Waals surface area (Å²) >= 11 is 0. The average molecular weight is 599 g/mol. The topological polar surface area (TPSA) is 169 Å². The van der Waals surface area contributed by atoms with Gasteiger partial charge in [-0.05, 0) is 58.4 Å². The molecular formula is C26H38N4O8S2. The lowest BCUT2D eigenvalue weighted by Gasteiger charge is -2.26. The van der Waals surface area contributed by atoms with Gasteiger partial charge in [0, 0.05) is 17.9 Å². The van der Waals surface area contributed by atoms with E-state index in [0.717, 1.165) is 12.8 Å². The summed E-state index contributed by atoms with van der Waals surface area (Å²) in [5.74, 6) is -2.77. The summed E-state index contributed by atoms with van der Waals surface area (Å²) < 4.78 is 10.8. The van der Waals surface area contributed by atoms with Crippen molar-refractivity contribution in [2.45, 2.75) is 89.1 Å². The number of hydrogen-bond acceptors (Lipinski definition) is 10. The van der Waals surface area contributed by atoms with E-state index in [9.17, 15) is 28.8 Å². The van der Waals surface area contributed by atoms with E-state index < -0.39 is 71.9 Å². The average Bonchev–Trinajstić information content (AvgIpc) is 3.69. The Morgan fingerprint density at radius 1 is 1.02 bits per heavy atom. The number of nitrogens with one attached hydrogen (secondary N) is 4. The van der Waals surface area contributed by atoms with E-state index in [1.165, 1.54) is 21.6 Å². The SMILES string of the molecule is CC(C)(C)OC(=O)CC[C@H]1NC(=O)C[C@H]2C=CCCSSC[C@@H](NC1=O)C(=O)NC(C1CC1)C(=O)NCC(=O)O2. The van der Waals surface area contributed by atoms with Crippen LogP contribution in [-0.4, -0.2) is 83.4 Å². The minimum absolute atomic E-state index is 0.0733. The largest absolute Gasteiger partial charge is 0.460 e. The van der Waals surface area contributed by atoms with Crippen molar-refractivity contribution < 1.29 is 38.2 Å². The normalized spacial score (nSPS) is 27.8. The van der Waals surface area contributed by atoms with Crippen LogP contribution in [0.4, 0.5) is 0 Å². The third-order valence-corrected chi connectivity index (χ3v) is 8.58. The highest BCUT2D eigenvalue weighted by molar-refractivity contribution is 8.76. The Labute approximate surface area is 241 Å². The van der Waals surface area contributed by atoms with E-state index >= 15 is 0 Å². The van der Waals surface area contributed by atoms with Crippen LogP contribution in [0.15, 0.2) is 12.2 Å². The molecule has 0 aromatic carbocycles. The molecular weight excluding hydrogens is 560 g/mol. The monoisotopic (exact) mass is 598 g/mol. The number of hydrogen-bond donors (Lipinski definition) is 4. The zero-order valence-electron chi connectivity index (χ0n) is 23.0. The van der Waals surface area contributed by atoms with Gasteiger partial charge in [-0.3, -0.25) is 28.8 Å². The molecule has 2 aliphatic heterocycles. The number of carbonyl (C=O) groups is 6. The molecule has 2 bridgehead atoms. The number of rotatable bonds is 4. The predicted octanol–water partition coefficient (Wildman–Crippen LogP) is 0.746. The fourth-order valence-electron chi connectivity index (χ4n) is 4.06. The first-order valence-corrected chi connectivity index (χ1v) is 15.9. The summed E-state index contributed by atoms with van der Waals surface area (Å²) in [6.07, 6.45) is 4.09. The fourth-order valence-corrected chi connectivity index (χ4v) is 6.22. The lowest BCUT2D eigenvalue weighted by molar-refractivity contribution is -0.155. The van der Waals surface area contributed by atoms with Crippen LogP contribution < -0.4 is 21.3 Å². The molecule has 4 N–H and O–H groups in total. The molecule has 4 atom stereocenters. The molecule has 2 fully saturated rings. The molecule has 222 valence electrons. The van der Waals surface area contributed by atoms with Crippen LogP contribution in [0.2, 0.25) is 0 Å². The van der Waals surface area contributed by atoms with E-state index in [-0.39, 0.29) is 30.9 Å². The van der Waals surface area contributed by atoms with E-state index in [4.69, 9.17) is 9.47 Å². The Kier molecular flexibility index (Phi) is 11.7. The maximum atomic E-state index is 13.4. The van der Waals surface area contributed by atoms with Crippen LogP contribution >= 0.6 is 21.6 Å². The minimum atomic E-state index is -1.16. The van der Waals surface area contributed by atoms with Crippen LogP contribution in [0.3, 0.4) is 0 Å².